The summed E-state index contributed by atoms with van der Waals surface area (Å²) < 4.78 is 2.28. The Balaban J connectivity index is 1.91. The van der Waals surface area contributed by atoms with Crippen molar-refractivity contribution >= 4 is 40.2 Å². The number of hydrogen-bond acceptors (Lipinski definition) is 0. The summed E-state index contributed by atoms with van der Waals surface area (Å²) in [5.74, 6) is 1.18. The Hall–Kier alpha value is -2.57. The van der Waals surface area contributed by atoms with E-state index in [1.54, 1.807) is 0 Å². The molecule has 116 valence electrons. The zero-order valence-electron chi connectivity index (χ0n) is 13.7. The van der Waals surface area contributed by atoms with Gasteiger partial charge in [-0.1, -0.05) is 42.5 Å². The number of nitrogens with zero attached hydrogens (tertiary/aromatic N) is 1. The summed E-state index contributed by atoms with van der Waals surface area (Å²) >= 11 is 0. The van der Waals surface area contributed by atoms with Crippen LogP contribution in [0.5, 0.6) is 0 Å². The summed E-state index contributed by atoms with van der Waals surface area (Å²) in [4.78, 5) is 3.73. The summed E-state index contributed by atoms with van der Waals surface area (Å²) in [6.07, 6.45) is 0. The van der Waals surface area contributed by atoms with E-state index >= 15 is 0 Å². The molecule has 0 aliphatic heterocycles. The van der Waals surface area contributed by atoms with Crippen LogP contribution in [0.4, 0.5) is 0 Å². The van der Waals surface area contributed by atoms with Gasteiger partial charge >= 0.3 is 0 Å². The van der Waals surface area contributed by atoms with Gasteiger partial charge in [0.25, 0.3) is 5.82 Å². The van der Waals surface area contributed by atoms with E-state index in [4.69, 9.17) is 0 Å². The fourth-order valence-corrected chi connectivity index (χ4v) is 5.19. The predicted octanol–water partition coefficient (Wildman–Crippen LogP) is 5.31. The third kappa shape index (κ3) is 1.81. The van der Waals surface area contributed by atoms with Gasteiger partial charge in [-0.05, 0) is 46.6 Å². The molecule has 1 atom stereocenters. The van der Waals surface area contributed by atoms with Gasteiger partial charge in [-0.2, -0.15) is 0 Å². The number of aromatic amines is 1. The fourth-order valence-electron chi connectivity index (χ4n) is 3.72. The van der Waals surface area contributed by atoms with Gasteiger partial charge in [0, 0.05) is 0 Å². The standard InChI is InChI=1S/C21H17N2P/c1-13-7-3-4-8-14(13)21-22-19-17(23(21)2)12-11-16-15-9-5-6-10-18(15)24-20(16)19/h3-12,24H,1-2H3/p+1. The van der Waals surface area contributed by atoms with Gasteiger partial charge in [0.2, 0.25) is 0 Å². The topological polar surface area (TPSA) is 19.7 Å². The van der Waals surface area contributed by atoms with Crippen molar-refractivity contribution in [2.75, 3.05) is 0 Å². The monoisotopic (exact) mass is 329 g/mol. The second kappa shape index (κ2) is 4.96. The first-order valence-corrected chi connectivity index (χ1v) is 9.21. The maximum atomic E-state index is 3.73. The first-order valence-electron chi connectivity index (χ1n) is 8.21. The van der Waals surface area contributed by atoms with E-state index in [1.165, 1.54) is 49.0 Å². The Morgan fingerprint density at radius 2 is 1.67 bits per heavy atom. The number of aromatic nitrogens is 2. The number of aryl methyl sites for hydroxylation is 2. The molecular formula is C21H18N2P+. The molecule has 0 spiro atoms. The molecule has 24 heavy (non-hydrogen) atoms. The highest BCUT2D eigenvalue weighted by atomic mass is 31.0. The Kier molecular flexibility index (Phi) is 2.86. The van der Waals surface area contributed by atoms with Gasteiger partial charge < -0.3 is 0 Å². The molecule has 0 saturated carbocycles. The summed E-state index contributed by atoms with van der Waals surface area (Å²) in [7, 11) is 2.88. The zero-order chi connectivity index (χ0) is 16.3. The van der Waals surface area contributed by atoms with E-state index in [1.807, 2.05) is 0 Å². The number of fused-ring (bicyclic) bond motifs is 5. The normalized spacial score (nSPS) is 12.1. The summed E-state index contributed by atoms with van der Waals surface area (Å²) in [5, 5.41) is 5.68. The molecule has 0 amide bonds. The summed E-state index contributed by atoms with van der Waals surface area (Å²) in [6, 6.07) is 21.9. The van der Waals surface area contributed by atoms with Crippen LogP contribution in [-0.2, 0) is 7.05 Å². The lowest BCUT2D eigenvalue weighted by molar-refractivity contribution is -0.633. The molecule has 5 rings (SSSR count). The first-order chi connectivity index (χ1) is 11.7. The average Bonchev–Trinajstić information content (AvgIpc) is 3.14. The minimum Gasteiger partial charge on any atom is -0.236 e. The van der Waals surface area contributed by atoms with Gasteiger partial charge in [0.05, 0.1) is 17.7 Å². The third-order valence-electron chi connectivity index (χ3n) is 5.00. The highest BCUT2D eigenvalue weighted by Crippen LogP contribution is 2.41. The van der Waals surface area contributed by atoms with Gasteiger partial charge in [-0.25, -0.2) is 9.55 Å². The van der Waals surface area contributed by atoms with Crippen LogP contribution in [0.1, 0.15) is 5.56 Å². The Bertz CT molecular complexity index is 1230. The molecule has 1 unspecified atom stereocenters. The third-order valence-corrected chi connectivity index (χ3v) is 6.48. The van der Waals surface area contributed by atoms with Crippen molar-refractivity contribution in [3.63, 3.8) is 0 Å². The van der Waals surface area contributed by atoms with Crippen molar-refractivity contribution in [2.24, 2.45) is 7.05 Å². The predicted molar refractivity (Wildman–Crippen MR) is 104 cm³/mol. The molecule has 0 aliphatic rings. The van der Waals surface area contributed by atoms with Gasteiger partial charge in [-0.3, -0.25) is 0 Å². The average molecular weight is 329 g/mol. The van der Waals surface area contributed by atoms with Gasteiger partial charge in [0.15, 0.2) is 11.0 Å². The molecule has 2 heterocycles. The Morgan fingerprint density at radius 3 is 2.54 bits per heavy atom. The fraction of sp³-hybridized carbons (Fsp3) is 0.0952. The van der Waals surface area contributed by atoms with Gasteiger partial charge in [0.1, 0.15) is 0 Å². The largest absolute Gasteiger partial charge is 0.287 e. The number of H-pyrrole nitrogens is 1. The number of hydrogen-bond donors (Lipinski definition) is 1. The van der Waals surface area contributed by atoms with Crippen molar-refractivity contribution < 1.29 is 4.57 Å². The lowest BCUT2D eigenvalue weighted by atomic mass is 10.1. The maximum absolute atomic E-state index is 3.73. The second-order valence-corrected chi connectivity index (χ2v) is 7.69. The minimum atomic E-state index is 0.725. The molecule has 0 bridgehead atoms. The molecule has 0 radical (unpaired) electrons. The molecule has 3 heteroatoms. The molecule has 3 aromatic carbocycles. The van der Waals surface area contributed by atoms with E-state index in [0.29, 0.717) is 0 Å². The van der Waals surface area contributed by atoms with E-state index in [0.717, 1.165) is 8.19 Å². The smallest absolute Gasteiger partial charge is 0.236 e. The Morgan fingerprint density at radius 1 is 0.875 bits per heavy atom. The lowest BCUT2D eigenvalue weighted by Crippen LogP contribution is -2.29. The van der Waals surface area contributed by atoms with E-state index in [-0.39, 0.29) is 0 Å². The van der Waals surface area contributed by atoms with Crippen LogP contribution in [0.3, 0.4) is 0 Å². The van der Waals surface area contributed by atoms with Crippen LogP contribution in [0.2, 0.25) is 0 Å². The van der Waals surface area contributed by atoms with Crippen molar-refractivity contribution in [3.8, 4) is 11.4 Å². The molecule has 0 fully saturated rings. The molecule has 2 aromatic heterocycles. The first kappa shape index (κ1) is 13.8. The van der Waals surface area contributed by atoms with Crippen molar-refractivity contribution in [3.05, 3.63) is 66.2 Å². The molecule has 5 aromatic rings. The van der Waals surface area contributed by atoms with E-state index < -0.39 is 0 Å². The van der Waals surface area contributed by atoms with Crippen LogP contribution in [-0.4, -0.2) is 4.98 Å². The number of benzene rings is 3. The van der Waals surface area contributed by atoms with E-state index in [9.17, 15) is 0 Å². The van der Waals surface area contributed by atoms with Crippen LogP contribution >= 0.6 is 8.19 Å². The molecule has 1 N–H and O–H groups in total. The highest BCUT2D eigenvalue weighted by Gasteiger charge is 2.21. The molecule has 0 aliphatic carbocycles. The molecule has 0 saturated heterocycles. The summed E-state index contributed by atoms with van der Waals surface area (Å²) in [6.45, 7) is 2.17. The Labute approximate surface area is 141 Å². The van der Waals surface area contributed by atoms with Crippen molar-refractivity contribution in [1.82, 2.24) is 4.98 Å². The van der Waals surface area contributed by atoms with Crippen LogP contribution in [0.25, 0.3) is 43.4 Å². The number of nitrogens with one attached hydrogen (secondary N) is 1. The van der Waals surface area contributed by atoms with E-state index in [2.05, 4.69) is 84.2 Å². The molecule has 2 nitrogen and oxygen atoms in total. The van der Waals surface area contributed by atoms with Crippen molar-refractivity contribution in [1.29, 1.82) is 0 Å². The molecular weight excluding hydrogens is 311 g/mol. The second-order valence-electron chi connectivity index (χ2n) is 6.40. The minimum absolute atomic E-state index is 0.725. The number of rotatable bonds is 1. The summed E-state index contributed by atoms with van der Waals surface area (Å²) in [5.41, 5.74) is 5.11. The van der Waals surface area contributed by atoms with Crippen molar-refractivity contribution in [2.45, 2.75) is 6.92 Å². The highest BCUT2D eigenvalue weighted by molar-refractivity contribution is 7.44. The zero-order valence-corrected chi connectivity index (χ0v) is 14.7. The van der Waals surface area contributed by atoms with Crippen LogP contribution < -0.4 is 4.57 Å². The quantitative estimate of drug-likeness (QED) is 0.402. The number of imidazole rings is 1. The van der Waals surface area contributed by atoms with Crippen LogP contribution in [0, 0.1) is 6.92 Å². The maximum Gasteiger partial charge on any atom is 0.287 e. The SMILES string of the molecule is Cc1ccccc1-c1[nH]c2c3[pH]c4ccccc4c3ccc2[n+]1C. The van der Waals surface area contributed by atoms with Crippen LogP contribution in [0.15, 0.2) is 60.7 Å². The lowest BCUT2D eigenvalue weighted by Gasteiger charge is -1.99. The van der Waals surface area contributed by atoms with Gasteiger partial charge in [-0.15, -0.1) is 8.19 Å².